The summed E-state index contributed by atoms with van der Waals surface area (Å²) in [4.78, 5) is 41.2. The van der Waals surface area contributed by atoms with Gasteiger partial charge < -0.3 is 144 Å². The van der Waals surface area contributed by atoms with E-state index < -0.39 is 261 Å². The molecule has 5 aliphatic carbocycles. The van der Waals surface area contributed by atoms with Crippen LogP contribution in [0.4, 0.5) is 0 Å². The predicted octanol–water partition coefficient (Wildman–Crippen LogP) is -5.52. The van der Waals surface area contributed by atoms with Crippen molar-refractivity contribution >= 4 is 17.7 Å². The van der Waals surface area contributed by atoms with Gasteiger partial charge in [-0.15, -0.1) is 0 Å². The minimum absolute atomic E-state index is 0.0884. The highest BCUT2D eigenvalue weighted by Crippen LogP contribution is 2.75. The molecule has 5 saturated heterocycles. The molecule has 10 rings (SSSR count). The molecule has 9 fully saturated rings. The third kappa shape index (κ3) is 12.9. The van der Waals surface area contributed by atoms with Gasteiger partial charge in [0.25, 0.3) is 0 Å². The number of rotatable bonds is 17. The smallest absolute Gasteiger partial charge is 0.303 e. The van der Waals surface area contributed by atoms with Crippen molar-refractivity contribution in [3.63, 3.8) is 0 Å². The first-order chi connectivity index (χ1) is 44.4. The van der Waals surface area contributed by atoms with Crippen LogP contribution in [0.25, 0.3) is 0 Å². The Morgan fingerprint density at radius 2 is 1.03 bits per heavy atom. The van der Waals surface area contributed by atoms with E-state index >= 15 is 4.79 Å². The molecule has 5 aliphatic heterocycles. The molecule has 0 aromatic rings. The molecule has 32 nitrogen and oxygen atoms in total. The second-order valence-electron chi connectivity index (χ2n) is 30.1. The molecule has 0 spiro atoms. The molecule has 35 atom stereocenters. The number of hydrogen-bond acceptors (Lipinski definition) is 32. The van der Waals surface area contributed by atoms with Gasteiger partial charge in [-0.05, 0) is 77.9 Å². The third-order valence-electron chi connectivity index (χ3n) is 23.9. The molecule has 0 aromatic carbocycles. The average Bonchev–Trinajstić information content (AvgIpc) is 0.670. The number of aliphatic hydroxyl groups is 17. The van der Waals surface area contributed by atoms with E-state index in [1.165, 1.54) is 0 Å². The van der Waals surface area contributed by atoms with Crippen LogP contribution < -0.4 is 0 Å². The molecular formula is C63H100O32. The van der Waals surface area contributed by atoms with Gasteiger partial charge in [0.05, 0.1) is 56.8 Å². The number of Topliss-reactive ketones (excluding diaryl/α,β-unsaturated/α-hetero) is 1. The highest BCUT2D eigenvalue weighted by Gasteiger charge is 2.73. The van der Waals surface area contributed by atoms with Crippen molar-refractivity contribution in [1.82, 2.24) is 0 Å². The largest absolute Gasteiger partial charge is 0.456 e. The summed E-state index contributed by atoms with van der Waals surface area (Å²) < 4.78 is 71.0. The summed E-state index contributed by atoms with van der Waals surface area (Å²) in [5.74, 6) is -3.18. The van der Waals surface area contributed by atoms with Gasteiger partial charge in [0.1, 0.15) is 110 Å². The molecule has 32 heteroatoms. The maximum absolute atomic E-state index is 15.9. The van der Waals surface area contributed by atoms with Gasteiger partial charge in [-0.2, -0.15) is 0 Å². The fourth-order valence-corrected chi connectivity index (χ4v) is 18.2. The maximum atomic E-state index is 15.9. The van der Waals surface area contributed by atoms with Gasteiger partial charge in [0, 0.05) is 25.7 Å². The lowest BCUT2D eigenvalue weighted by Crippen LogP contribution is -2.71. The maximum Gasteiger partial charge on any atom is 0.303 e. The second-order valence-corrected chi connectivity index (χ2v) is 30.1. The number of ketones is 1. The summed E-state index contributed by atoms with van der Waals surface area (Å²) >= 11 is 0. The van der Waals surface area contributed by atoms with Crippen molar-refractivity contribution < 1.29 is 158 Å². The fraction of sp³-hybridized carbons (Fsp3) is 0.921. The Hall–Kier alpha value is -2.73. The molecule has 4 saturated carbocycles. The van der Waals surface area contributed by atoms with Crippen molar-refractivity contribution in [3.8, 4) is 0 Å². The molecule has 3 unspecified atom stereocenters. The van der Waals surface area contributed by atoms with Crippen LogP contribution in [0.5, 0.6) is 0 Å². The van der Waals surface area contributed by atoms with Gasteiger partial charge in [-0.3, -0.25) is 14.4 Å². The second kappa shape index (κ2) is 27.9. The zero-order chi connectivity index (χ0) is 69.9. The molecule has 95 heavy (non-hydrogen) atoms. The standard InChI is InChI=1S/C63H100O32/c1-23(66)87-47-30(21-85-54-44(78)39(73)36(70)28(19-65)90-54)92-56(46(80)48(47)88-24(2)67)93-34-13-14-60(7)31(59(34,5)6)12-15-61(8)32(60)11-10-25-26-16-58(3,4)50(81)51(82)63(26,33(68)17-62(25,61)9)22-86-57-49(94-55-45(79)40(74)42(76)52(83)95-55)41(75)37(71)29(91-57)20-84-53-43(77)38(72)35(69)27(18-64)89-53/h10,26-32,34-57,64-65,69-83H,11-22H2,1-9H3/t26?,27-,28-,29-,30-,31?,32?,34+,35-,36-,37-,38+,39+,40-,41-,42-,43-,44-,45-,46-,47-,48+,49-,50+,51+,52-,53-,54+,55-,56+,57-,60+,61-,62-,63+/m1/s1. The van der Waals surface area contributed by atoms with Crippen molar-refractivity contribution in [1.29, 1.82) is 0 Å². The van der Waals surface area contributed by atoms with Gasteiger partial charge in [-0.25, -0.2) is 0 Å². The zero-order valence-electron chi connectivity index (χ0n) is 54.7. The molecule has 0 aromatic heterocycles. The molecular weight excluding hydrogens is 1270 g/mol. The molecule has 17 N–H and O–H groups in total. The molecule has 0 amide bonds. The van der Waals surface area contributed by atoms with Crippen LogP contribution >= 0.6 is 0 Å². The SMILES string of the molecule is CC(=O)O[C@H]1[C@@H](O)[C@H](O[C@H]2CC[C@@]3(C)C(CC[C@]4(C)C3CC=C3C5CC(C)(C)[C@@H](O)[C@H](O)[C@]5(CO[C@@H]5O[C@H](CO[C@@H]6O[C@H](CO)[C@@H](O)[C@H](O)[C@H]6O)[C@@H](O)[C@@H](O)[C@H]5O[C@@H]5O[C@@H](O)[C@H](O)[C@@H](O)[C@H]5O)C(=O)C[C@]34C)C2(C)C)O[C@H](CO[C@H]2O[C@H](CO)[C@@H](O)[C@H](O)[C@H]2O)[C@H]1OC(C)=O. The van der Waals surface area contributed by atoms with Crippen molar-refractivity contribution in [2.45, 2.75) is 279 Å². The number of allylic oxidation sites excluding steroid dienone is 2. The van der Waals surface area contributed by atoms with Crippen LogP contribution in [0.15, 0.2) is 11.6 Å². The first-order valence-electron chi connectivity index (χ1n) is 32.8. The van der Waals surface area contributed by atoms with Crippen LogP contribution in [0.3, 0.4) is 0 Å². The van der Waals surface area contributed by atoms with Crippen LogP contribution in [0, 0.1) is 50.2 Å². The number of fused-ring (bicyclic) bond motifs is 7. The van der Waals surface area contributed by atoms with Crippen LogP contribution in [0.2, 0.25) is 0 Å². The highest BCUT2D eigenvalue weighted by atomic mass is 16.8. The summed E-state index contributed by atoms with van der Waals surface area (Å²) in [6.45, 7) is 12.7. The fourth-order valence-electron chi connectivity index (χ4n) is 18.2. The summed E-state index contributed by atoms with van der Waals surface area (Å²) in [5.41, 5.74) is -4.81. The predicted molar refractivity (Wildman–Crippen MR) is 313 cm³/mol. The third-order valence-corrected chi connectivity index (χ3v) is 23.9. The highest BCUT2D eigenvalue weighted by molar-refractivity contribution is 5.90. The Bertz CT molecular complexity index is 2740. The van der Waals surface area contributed by atoms with Gasteiger partial charge in [0.15, 0.2) is 49.9 Å². The first kappa shape index (κ1) is 74.9. The monoisotopic (exact) mass is 1370 g/mol. The molecule has 5 heterocycles. The lowest BCUT2D eigenvalue weighted by molar-refractivity contribution is -0.389. The minimum atomic E-state index is -2.13. The van der Waals surface area contributed by atoms with Crippen LogP contribution in [-0.4, -0.2) is 310 Å². The molecule has 10 aliphatic rings. The number of esters is 2. The van der Waals surface area contributed by atoms with E-state index in [2.05, 4.69) is 40.7 Å². The summed E-state index contributed by atoms with van der Waals surface area (Å²) in [7, 11) is 0. The average molecular weight is 1370 g/mol. The van der Waals surface area contributed by atoms with E-state index in [1.54, 1.807) is 13.8 Å². The van der Waals surface area contributed by atoms with E-state index in [9.17, 15) is 96.4 Å². The van der Waals surface area contributed by atoms with Crippen molar-refractivity contribution in [2.75, 3.05) is 33.0 Å². The Labute approximate surface area is 548 Å². The van der Waals surface area contributed by atoms with E-state index in [4.69, 9.17) is 56.8 Å². The van der Waals surface area contributed by atoms with Crippen LogP contribution in [0.1, 0.15) is 107 Å². The summed E-state index contributed by atoms with van der Waals surface area (Å²) in [6, 6.07) is 0. The number of ether oxygens (including phenoxy) is 12. The summed E-state index contributed by atoms with van der Waals surface area (Å²) in [5, 5.41) is 185. The van der Waals surface area contributed by atoms with E-state index in [0.717, 1.165) is 19.4 Å². The first-order valence-corrected chi connectivity index (χ1v) is 32.8. The Kier molecular flexibility index (Phi) is 22.0. The summed E-state index contributed by atoms with van der Waals surface area (Å²) in [6.07, 6.45) is -43.8. The number of carbonyl (C=O) groups excluding carboxylic acids is 3. The Morgan fingerprint density at radius 1 is 0.516 bits per heavy atom. The normalized spacial score (nSPS) is 52.0. The van der Waals surface area contributed by atoms with Gasteiger partial charge in [0.2, 0.25) is 0 Å². The van der Waals surface area contributed by atoms with E-state index in [0.29, 0.717) is 32.1 Å². The number of aliphatic hydroxyl groups excluding tert-OH is 17. The molecule has 0 bridgehead atoms. The molecule has 544 valence electrons. The quantitative estimate of drug-likeness (QED) is 0.0367. The van der Waals surface area contributed by atoms with E-state index in [-0.39, 0.29) is 24.7 Å². The number of hydrogen-bond donors (Lipinski definition) is 17. The Morgan fingerprint density at radius 3 is 1.61 bits per heavy atom. The lowest BCUT2D eigenvalue weighted by atomic mass is 9.33. The molecule has 0 radical (unpaired) electrons. The number of carbonyl (C=O) groups is 3. The minimum Gasteiger partial charge on any atom is -0.456 e. The zero-order valence-corrected chi connectivity index (χ0v) is 54.7. The van der Waals surface area contributed by atoms with E-state index in [1.807, 2.05) is 0 Å². The lowest BCUT2D eigenvalue weighted by Gasteiger charge is -2.71. The van der Waals surface area contributed by atoms with Gasteiger partial charge >= 0.3 is 11.9 Å². The van der Waals surface area contributed by atoms with Gasteiger partial charge in [-0.1, -0.05) is 60.1 Å². The van der Waals surface area contributed by atoms with Crippen molar-refractivity contribution in [2.24, 2.45) is 50.2 Å². The topological polar surface area (TPSA) is 506 Å². The van der Waals surface area contributed by atoms with Crippen molar-refractivity contribution in [3.05, 3.63) is 11.6 Å². The Balaban J connectivity index is 0.916. The van der Waals surface area contributed by atoms with Crippen LogP contribution in [-0.2, 0) is 71.2 Å².